The van der Waals surface area contributed by atoms with Crippen molar-refractivity contribution in [1.82, 2.24) is 10.6 Å². The van der Waals surface area contributed by atoms with Crippen molar-refractivity contribution >= 4 is 17.6 Å². The van der Waals surface area contributed by atoms with Gasteiger partial charge in [0.1, 0.15) is 0 Å². The fourth-order valence-electron chi connectivity index (χ4n) is 1.92. The molecule has 0 unspecified atom stereocenters. The van der Waals surface area contributed by atoms with Crippen LogP contribution in [-0.4, -0.2) is 30.7 Å². The SMILES string of the molecule is CCCC(=O)NCCNC(=O)CCC(=O)c1ccc(C)cc1. The number of aryl methyl sites for hydroxylation is 1. The van der Waals surface area contributed by atoms with Crippen molar-refractivity contribution in [3.8, 4) is 0 Å². The molecular formula is C17H24N2O3. The summed E-state index contributed by atoms with van der Waals surface area (Å²) in [5.74, 6) is -0.220. The molecule has 0 aromatic heterocycles. The molecule has 0 bridgehead atoms. The maximum absolute atomic E-state index is 11.9. The molecule has 0 aliphatic heterocycles. The molecule has 0 atom stereocenters. The number of hydrogen-bond donors (Lipinski definition) is 2. The number of rotatable bonds is 9. The average molecular weight is 304 g/mol. The molecule has 0 aliphatic carbocycles. The zero-order valence-electron chi connectivity index (χ0n) is 13.3. The summed E-state index contributed by atoms with van der Waals surface area (Å²) in [5.41, 5.74) is 1.73. The van der Waals surface area contributed by atoms with Crippen LogP contribution in [-0.2, 0) is 9.59 Å². The Bertz CT molecular complexity index is 509. The molecule has 0 radical (unpaired) electrons. The number of hydrogen-bond acceptors (Lipinski definition) is 3. The lowest BCUT2D eigenvalue weighted by molar-refractivity contribution is -0.122. The predicted octanol–water partition coefficient (Wildman–Crippen LogP) is 1.99. The van der Waals surface area contributed by atoms with Crippen LogP contribution in [0.3, 0.4) is 0 Å². The first-order valence-electron chi connectivity index (χ1n) is 7.66. The predicted molar refractivity (Wildman–Crippen MR) is 85.7 cm³/mol. The zero-order valence-corrected chi connectivity index (χ0v) is 13.3. The fraction of sp³-hybridized carbons (Fsp3) is 0.471. The number of amides is 2. The number of ketones is 1. The van der Waals surface area contributed by atoms with Gasteiger partial charge >= 0.3 is 0 Å². The van der Waals surface area contributed by atoms with Crippen molar-refractivity contribution < 1.29 is 14.4 Å². The van der Waals surface area contributed by atoms with E-state index in [0.29, 0.717) is 25.1 Å². The molecule has 0 fully saturated rings. The maximum atomic E-state index is 11.9. The Morgan fingerprint density at radius 1 is 0.864 bits per heavy atom. The number of Topliss-reactive ketones (excluding diaryl/α,β-unsaturated/α-hetero) is 1. The second kappa shape index (κ2) is 9.71. The summed E-state index contributed by atoms with van der Waals surface area (Å²) in [5, 5.41) is 5.40. The highest BCUT2D eigenvalue weighted by Gasteiger charge is 2.09. The van der Waals surface area contributed by atoms with E-state index in [1.165, 1.54) is 0 Å². The fourth-order valence-corrected chi connectivity index (χ4v) is 1.92. The summed E-state index contributed by atoms with van der Waals surface area (Å²) in [6, 6.07) is 7.32. The molecule has 0 spiro atoms. The second-order valence-electron chi connectivity index (χ2n) is 5.24. The van der Waals surface area contributed by atoms with E-state index >= 15 is 0 Å². The number of carbonyl (C=O) groups excluding carboxylic acids is 3. The van der Waals surface area contributed by atoms with Gasteiger partial charge in [-0.2, -0.15) is 0 Å². The molecule has 0 saturated heterocycles. The van der Waals surface area contributed by atoms with Gasteiger partial charge in [0.2, 0.25) is 11.8 Å². The summed E-state index contributed by atoms with van der Waals surface area (Å²) < 4.78 is 0. The van der Waals surface area contributed by atoms with E-state index in [-0.39, 0.29) is 30.4 Å². The van der Waals surface area contributed by atoms with Crippen LogP contribution in [0.25, 0.3) is 0 Å². The Balaban J connectivity index is 2.19. The zero-order chi connectivity index (χ0) is 16.4. The van der Waals surface area contributed by atoms with Gasteiger partial charge in [-0.15, -0.1) is 0 Å². The highest BCUT2D eigenvalue weighted by molar-refractivity contribution is 5.97. The third-order valence-electron chi connectivity index (χ3n) is 3.20. The molecule has 5 nitrogen and oxygen atoms in total. The largest absolute Gasteiger partial charge is 0.354 e. The van der Waals surface area contributed by atoms with E-state index < -0.39 is 0 Å². The quantitative estimate of drug-likeness (QED) is 0.541. The molecule has 120 valence electrons. The van der Waals surface area contributed by atoms with Gasteiger partial charge in [0.15, 0.2) is 5.78 Å². The van der Waals surface area contributed by atoms with Gasteiger partial charge in [-0.05, 0) is 13.3 Å². The minimum atomic E-state index is -0.176. The Morgan fingerprint density at radius 3 is 1.95 bits per heavy atom. The summed E-state index contributed by atoms with van der Waals surface area (Å²) in [7, 11) is 0. The molecule has 0 heterocycles. The van der Waals surface area contributed by atoms with Crippen molar-refractivity contribution in [3.05, 3.63) is 35.4 Å². The first-order valence-corrected chi connectivity index (χ1v) is 7.66. The highest BCUT2D eigenvalue weighted by atomic mass is 16.2. The lowest BCUT2D eigenvalue weighted by Gasteiger charge is -2.06. The Hall–Kier alpha value is -2.17. The minimum absolute atomic E-state index is 0.00806. The van der Waals surface area contributed by atoms with Crippen LogP contribution in [0.15, 0.2) is 24.3 Å². The first-order chi connectivity index (χ1) is 10.5. The van der Waals surface area contributed by atoms with Gasteiger partial charge in [-0.1, -0.05) is 36.8 Å². The van der Waals surface area contributed by atoms with Gasteiger partial charge in [0, 0.05) is 37.9 Å². The summed E-state index contributed by atoms with van der Waals surface area (Å²) in [6.07, 6.45) is 1.66. The first kappa shape index (κ1) is 17.9. The molecule has 1 aromatic rings. The highest BCUT2D eigenvalue weighted by Crippen LogP contribution is 2.07. The maximum Gasteiger partial charge on any atom is 0.220 e. The van der Waals surface area contributed by atoms with Crippen LogP contribution in [0.5, 0.6) is 0 Å². The molecule has 2 N–H and O–H groups in total. The molecule has 1 rings (SSSR count). The number of nitrogens with one attached hydrogen (secondary N) is 2. The number of benzene rings is 1. The number of carbonyl (C=O) groups is 3. The molecule has 2 amide bonds. The normalized spacial score (nSPS) is 10.1. The lowest BCUT2D eigenvalue weighted by Crippen LogP contribution is -2.34. The monoisotopic (exact) mass is 304 g/mol. The van der Waals surface area contributed by atoms with Gasteiger partial charge in [-0.25, -0.2) is 0 Å². The van der Waals surface area contributed by atoms with Crippen LogP contribution in [0.4, 0.5) is 0 Å². The van der Waals surface area contributed by atoms with E-state index in [2.05, 4.69) is 10.6 Å². The van der Waals surface area contributed by atoms with Crippen LogP contribution in [0, 0.1) is 6.92 Å². The van der Waals surface area contributed by atoms with E-state index in [4.69, 9.17) is 0 Å². The summed E-state index contributed by atoms with van der Waals surface area (Å²) in [4.78, 5) is 34.8. The van der Waals surface area contributed by atoms with Gasteiger partial charge < -0.3 is 10.6 Å². The molecule has 0 aliphatic rings. The third kappa shape index (κ3) is 7.02. The van der Waals surface area contributed by atoms with Crippen molar-refractivity contribution in [2.75, 3.05) is 13.1 Å². The summed E-state index contributed by atoms with van der Waals surface area (Å²) in [6.45, 7) is 4.69. The van der Waals surface area contributed by atoms with Crippen LogP contribution in [0.1, 0.15) is 48.5 Å². The topological polar surface area (TPSA) is 75.3 Å². The Kier molecular flexibility index (Phi) is 7.89. The Morgan fingerprint density at radius 2 is 1.41 bits per heavy atom. The van der Waals surface area contributed by atoms with E-state index in [1.807, 2.05) is 26.0 Å². The van der Waals surface area contributed by atoms with E-state index in [0.717, 1.165) is 12.0 Å². The molecular weight excluding hydrogens is 280 g/mol. The van der Waals surface area contributed by atoms with Crippen molar-refractivity contribution in [3.63, 3.8) is 0 Å². The van der Waals surface area contributed by atoms with Crippen molar-refractivity contribution in [2.45, 2.75) is 39.5 Å². The average Bonchev–Trinajstić information content (AvgIpc) is 2.50. The van der Waals surface area contributed by atoms with E-state index in [9.17, 15) is 14.4 Å². The van der Waals surface area contributed by atoms with Crippen LogP contribution in [0.2, 0.25) is 0 Å². The second-order valence-corrected chi connectivity index (χ2v) is 5.24. The van der Waals surface area contributed by atoms with Gasteiger partial charge in [0.05, 0.1) is 0 Å². The van der Waals surface area contributed by atoms with Gasteiger partial charge in [0.25, 0.3) is 0 Å². The van der Waals surface area contributed by atoms with Crippen LogP contribution >= 0.6 is 0 Å². The third-order valence-corrected chi connectivity index (χ3v) is 3.20. The smallest absolute Gasteiger partial charge is 0.220 e. The lowest BCUT2D eigenvalue weighted by atomic mass is 10.1. The van der Waals surface area contributed by atoms with Crippen molar-refractivity contribution in [2.24, 2.45) is 0 Å². The Labute approximate surface area is 131 Å². The molecule has 5 heteroatoms. The molecule has 0 saturated carbocycles. The standard InChI is InChI=1S/C17H24N2O3/c1-3-4-16(21)18-11-12-19-17(22)10-9-15(20)14-7-5-13(2)6-8-14/h5-8H,3-4,9-12H2,1-2H3,(H,18,21)(H,19,22). The van der Waals surface area contributed by atoms with Crippen molar-refractivity contribution in [1.29, 1.82) is 0 Å². The molecule has 1 aromatic carbocycles. The van der Waals surface area contributed by atoms with Gasteiger partial charge in [-0.3, -0.25) is 14.4 Å². The minimum Gasteiger partial charge on any atom is -0.354 e. The molecule has 22 heavy (non-hydrogen) atoms. The summed E-state index contributed by atoms with van der Waals surface area (Å²) >= 11 is 0. The van der Waals surface area contributed by atoms with Crippen LogP contribution < -0.4 is 10.6 Å². The van der Waals surface area contributed by atoms with E-state index in [1.54, 1.807) is 12.1 Å².